The summed E-state index contributed by atoms with van der Waals surface area (Å²) in [6.45, 7) is 29.8. The standard InChI is InChI=1S/C20H15N3O4.C19H13N3O4.C12H9N3O.C11H13BrO2.C11H14O3.C10H12O3.C9H8O4.CH5N.CH4/c1-21-18-17(15-8-3-2-4-9-15)22-20(23-19(18)26)27-12-14-7-5-6-13(10-14)11-16(24)25;1-20-16-15(13-7-3-2-4-8-13)21-19(22-17(16)23)26-11-12-6-5-9-14(10-12)18(24)25;1-8-14-10(9-6-4-3-5-7-9)11(13-2)12(16)15-8;2*1-2-14-11(13)7-9-4-3-5-10(6-9)8-12;1-2-13-10(12)9-5-3-4-8(6-9)7-11;1-13-9(12)7-4-2-3-6(5-7)8(10)11;1-2;/h2-10H,11-12H2,(H,24,25)(H,22,23,26);2-10H,11H2,(H,24,25)(H,21,22,23);3-7H,1H3,(H,14,15,16);3-6H,2,7-8H2,1H3;3-6,12H,2,7-8H2,1H3;3-6,11H,2,7H2,1H3;2-5H,1H3,(H,10,11);2H2,1H3;1H4. The molecule has 0 spiro atoms. The normalized spacial score (nSPS) is 9.71. The number of hydrogen-bond donors (Lipinski definition) is 9. The Bertz CT molecular complexity index is 5850. The van der Waals surface area contributed by atoms with Crippen LogP contribution in [0.3, 0.4) is 0 Å². The average Bonchev–Trinajstić information content (AvgIpc) is 0.815. The van der Waals surface area contributed by atoms with Crippen LogP contribution in [0.1, 0.15) is 120 Å². The molecule has 0 saturated heterocycles. The first-order chi connectivity index (χ1) is 60.3. The molecule has 10 N–H and O–H groups in total. The van der Waals surface area contributed by atoms with Crippen LogP contribution in [0.25, 0.3) is 48.3 Å². The Morgan fingerprint density at radius 2 is 0.730 bits per heavy atom. The van der Waals surface area contributed by atoms with Gasteiger partial charge < -0.3 is 64.7 Å². The van der Waals surface area contributed by atoms with Gasteiger partial charge in [-0.15, -0.1) is 0 Å². The fourth-order valence-electron chi connectivity index (χ4n) is 10.7. The van der Waals surface area contributed by atoms with Gasteiger partial charge in [0.2, 0.25) is 0 Å². The van der Waals surface area contributed by atoms with Crippen LogP contribution in [0, 0.1) is 26.6 Å². The number of benzene rings is 9. The van der Waals surface area contributed by atoms with E-state index in [0.29, 0.717) is 71.1 Å². The number of aromatic amines is 3. The topological polar surface area (TPSA) is 452 Å². The molecule has 0 aliphatic rings. The van der Waals surface area contributed by atoms with Gasteiger partial charge in [-0.2, -0.15) is 0 Å². The quantitative estimate of drug-likeness (QED) is 0.0111. The molecule has 12 rings (SSSR count). The zero-order valence-electron chi connectivity index (χ0n) is 68.7. The number of aliphatic hydroxyl groups is 2. The Kier molecular flexibility index (Phi) is 45.7. The van der Waals surface area contributed by atoms with Crippen molar-refractivity contribution in [1.82, 2.24) is 29.9 Å². The van der Waals surface area contributed by atoms with Gasteiger partial charge in [-0.05, 0) is 138 Å². The highest BCUT2D eigenvalue weighted by molar-refractivity contribution is 9.08. The molecule has 9 aromatic carbocycles. The molecular weight excluding hydrogens is 1680 g/mol. The van der Waals surface area contributed by atoms with Crippen LogP contribution in [-0.2, 0) is 84.4 Å². The smallest absolute Gasteiger partial charge is 0.338 e. The summed E-state index contributed by atoms with van der Waals surface area (Å²) in [7, 11) is 2.75. The van der Waals surface area contributed by atoms with Gasteiger partial charge in [0.05, 0.1) is 118 Å². The first-order valence-corrected chi connectivity index (χ1v) is 39.0. The number of carbonyl (C=O) groups is 7. The predicted octanol–water partition coefficient (Wildman–Crippen LogP) is 15.5. The maximum absolute atomic E-state index is 12.2. The highest BCUT2D eigenvalue weighted by atomic mass is 79.9. The molecule has 12 aromatic rings. The Hall–Kier alpha value is -15.7. The minimum absolute atomic E-state index is 0. The van der Waals surface area contributed by atoms with E-state index in [1.54, 1.807) is 136 Å². The zero-order chi connectivity index (χ0) is 91.6. The number of rotatable bonds is 25. The molecule has 3 aromatic heterocycles. The van der Waals surface area contributed by atoms with E-state index in [1.807, 2.05) is 91.9 Å². The molecule has 31 nitrogen and oxygen atoms in total. The first kappa shape index (κ1) is 103. The van der Waals surface area contributed by atoms with Gasteiger partial charge in [-0.1, -0.05) is 217 Å². The van der Waals surface area contributed by atoms with Crippen LogP contribution in [0.4, 0.5) is 17.1 Å². The molecule has 0 fully saturated rings. The van der Waals surface area contributed by atoms with E-state index in [-0.39, 0.29) is 127 Å². The fourth-order valence-corrected chi connectivity index (χ4v) is 11.1. The number of hydrogen-bond acceptors (Lipinski definition) is 22. The molecule has 652 valence electrons. The maximum atomic E-state index is 12.2. The van der Waals surface area contributed by atoms with Gasteiger partial charge in [0.25, 0.3) is 45.8 Å². The summed E-state index contributed by atoms with van der Waals surface area (Å²) in [4.78, 5) is 143. The van der Waals surface area contributed by atoms with Crippen LogP contribution < -0.4 is 31.9 Å². The van der Waals surface area contributed by atoms with Gasteiger partial charge in [0, 0.05) is 5.33 Å². The number of aromatic nitrogens is 6. The fraction of sp³-hybridized carbons (Fsp3) is 0.191. The van der Waals surface area contributed by atoms with Crippen LogP contribution >= 0.6 is 15.9 Å². The summed E-state index contributed by atoms with van der Waals surface area (Å²) in [6.07, 6.45) is 0.539. The van der Waals surface area contributed by atoms with Crippen molar-refractivity contribution in [3.05, 3.63) is 374 Å². The Labute approximate surface area is 734 Å². The summed E-state index contributed by atoms with van der Waals surface area (Å²) < 4.78 is 30.0. The number of halogens is 1. The molecule has 126 heavy (non-hydrogen) atoms. The molecule has 0 unspecified atom stereocenters. The number of carbonyl (C=O) groups excluding carboxylic acids is 4. The second-order valence-corrected chi connectivity index (χ2v) is 25.8. The number of nitrogens with two attached hydrogens (primary N) is 1. The SMILES string of the molecule is C.CCOC(=O)Cc1cccc(CBr)c1.CCOC(=O)Cc1cccc(CO)c1.CCOC(=O)c1cccc(CO)c1.CN.COC(=O)c1cccc(C(=O)O)c1.[C-]#[N+]c1c(-c2ccccc2)nc(C)[nH]c1=O.[C-]#[N+]c1c(-c2ccccc2)nc(OCc2cccc(C(=O)O)c2)[nH]c1=O.[C-]#[N+]c1c(-c2ccccc2)nc(OCc2cccc(CC(=O)O)c2)[nH]c1=O. The number of nitrogens with zero attached hydrogens (tertiary/aromatic N) is 6. The molecule has 0 aliphatic heterocycles. The first-order valence-electron chi connectivity index (χ1n) is 37.9. The van der Waals surface area contributed by atoms with Gasteiger partial charge in [-0.25, -0.2) is 48.7 Å². The van der Waals surface area contributed by atoms with Crippen molar-refractivity contribution < 1.29 is 87.5 Å². The van der Waals surface area contributed by atoms with E-state index >= 15 is 0 Å². The molecule has 3 heterocycles. The number of alkyl halides is 1. The van der Waals surface area contributed by atoms with Crippen molar-refractivity contribution in [3.8, 4) is 45.8 Å². The number of carboxylic acid groups (broad SMARTS) is 3. The lowest BCUT2D eigenvalue weighted by Gasteiger charge is -2.09. The largest absolute Gasteiger partial charge is 0.481 e. The summed E-state index contributed by atoms with van der Waals surface area (Å²) in [5.41, 5.74) is 13.3. The Morgan fingerprint density at radius 3 is 1.13 bits per heavy atom. The lowest BCUT2D eigenvalue weighted by Crippen LogP contribution is -2.11. The van der Waals surface area contributed by atoms with Crippen LogP contribution in [-0.4, -0.2) is 131 Å². The molecule has 32 heteroatoms. The van der Waals surface area contributed by atoms with Gasteiger partial charge in [0.1, 0.15) is 19.0 Å². The van der Waals surface area contributed by atoms with Crippen molar-refractivity contribution in [2.75, 3.05) is 34.0 Å². The Balaban J connectivity index is 0.000000314. The van der Waals surface area contributed by atoms with Crippen molar-refractivity contribution in [2.45, 2.75) is 86.1 Å². The van der Waals surface area contributed by atoms with E-state index in [9.17, 15) is 47.9 Å². The van der Waals surface area contributed by atoms with Gasteiger partial charge in [0.15, 0.2) is 0 Å². The highest BCUT2D eigenvalue weighted by Crippen LogP contribution is 2.29. The lowest BCUT2D eigenvalue weighted by molar-refractivity contribution is -0.143. The van der Waals surface area contributed by atoms with Crippen molar-refractivity contribution >= 4 is 74.8 Å². The second kappa shape index (κ2) is 56.0. The Morgan fingerprint density at radius 1 is 0.405 bits per heavy atom. The maximum Gasteiger partial charge on any atom is 0.338 e. The molecule has 0 atom stereocenters. The summed E-state index contributed by atoms with van der Waals surface area (Å²) >= 11 is 3.37. The molecule has 0 amide bonds. The number of aliphatic carboxylic acids is 1. The number of H-pyrrole nitrogens is 3. The van der Waals surface area contributed by atoms with Crippen LogP contribution in [0.2, 0.25) is 0 Å². The molecule has 0 bridgehead atoms. The van der Waals surface area contributed by atoms with Crippen LogP contribution in [0.15, 0.2) is 251 Å². The summed E-state index contributed by atoms with van der Waals surface area (Å²) in [5, 5.41) is 45.0. The average molecular weight is 1780 g/mol. The molecule has 0 saturated carbocycles. The third-order valence-corrected chi connectivity index (χ3v) is 16.9. The molecular formula is C94H93BrN10O21. The number of aliphatic hydroxyl groups excluding tert-OH is 2. The predicted molar refractivity (Wildman–Crippen MR) is 476 cm³/mol. The number of methoxy groups -OCH3 is 1. The van der Waals surface area contributed by atoms with E-state index in [2.05, 4.69) is 70.8 Å². The number of aromatic carboxylic acids is 2. The van der Waals surface area contributed by atoms with Crippen molar-refractivity contribution in [1.29, 1.82) is 0 Å². The highest BCUT2D eigenvalue weighted by Gasteiger charge is 2.19. The van der Waals surface area contributed by atoms with Gasteiger partial charge in [-0.3, -0.25) is 38.7 Å². The third-order valence-electron chi connectivity index (χ3n) is 16.3. The second-order valence-electron chi connectivity index (χ2n) is 25.2. The van der Waals surface area contributed by atoms with Crippen molar-refractivity contribution in [3.63, 3.8) is 0 Å². The van der Waals surface area contributed by atoms with E-state index < -0.39 is 35.0 Å². The van der Waals surface area contributed by atoms with E-state index in [0.717, 1.165) is 33.1 Å². The minimum atomic E-state index is -1.06. The zero-order valence-corrected chi connectivity index (χ0v) is 70.3. The molecule has 0 radical (unpaired) electrons. The lowest BCUT2D eigenvalue weighted by atomic mass is 10.1. The molecule has 0 aliphatic carbocycles. The van der Waals surface area contributed by atoms with Crippen molar-refractivity contribution in [2.24, 2.45) is 5.73 Å². The third kappa shape index (κ3) is 34.8. The summed E-state index contributed by atoms with van der Waals surface area (Å²) in [6, 6.07) is 67.9. The van der Waals surface area contributed by atoms with Gasteiger partial charge >= 0.3 is 41.8 Å². The van der Waals surface area contributed by atoms with E-state index in [4.69, 9.17) is 68.9 Å². The van der Waals surface area contributed by atoms with E-state index in [1.165, 1.54) is 56.1 Å². The number of aryl methyl sites for hydroxylation is 1. The monoisotopic (exact) mass is 1780 g/mol. The van der Waals surface area contributed by atoms with Crippen LogP contribution in [0.5, 0.6) is 12.0 Å². The number of carboxylic acids is 3. The number of ether oxygens (including phenoxy) is 6. The number of esters is 4. The minimum Gasteiger partial charge on any atom is -0.481 e. The number of nitrogens with one attached hydrogen (secondary N) is 3. The summed E-state index contributed by atoms with van der Waals surface area (Å²) in [5.74, 6) is -3.79.